The highest BCUT2D eigenvalue weighted by molar-refractivity contribution is 5.91. The van der Waals surface area contributed by atoms with Crippen LogP contribution in [0.4, 0.5) is 0 Å². The molecule has 1 aromatic carbocycles. The summed E-state index contributed by atoms with van der Waals surface area (Å²) in [5, 5.41) is 1.15. The summed E-state index contributed by atoms with van der Waals surface area (Å²) < 4.78 is 10.8. The van der Waals surface area contributed by atoms with Crippen molar-refractivity contribution in [3.63, 3.8) is 0 Å². The first-order chi connectivity index (χ1) is 8.96. The number of hydrogen-bond acceptors (Lipinski definition) is 4. The topological polar surface area (TPSA) is 64.8 Å². The van der Waals surface area contributed by atoms with Crippen molar-refractivity contribution in [2.24, 2.45) is 5.84 Å². The van der Waals surface area contributed by atoms with E-state index in [0.29, 0.717) is 5.75 Å². The molecule has 1 aromatic rings. The van der Waals surface area contributed by atoms with Crippen LogP contribution in [0.3, 0.4) is 0 Å². The van der Waals surface area contributed by atoms with Gasteiger partial charge in [0.15, 0.2) is 0 Å². The Balaban J connectivity index is 2.52. The number of rotatable bonds is 4. The quantitative estimate of drug-likeness (QED) is 0.507. The number of nitrogens with two attached hydrogens (primary N) is 1. The van der Waals surface area contributed by atoms with Gasteiger partial charge in [-0.15, -0.1) is 0 Å². The van der Waals surface area contributed by atoms with E-state index < -0.39 is 5.41 Å². The van der Waals surface area contributed by atoms with Crippen molar-refractivity contribution in [3.05, 3.63) is 23.3 Å². The number of carbonyl (C=O) groups excluding carboxylic acids is 1. The van der Waals surface area contributed by atoms with Crippen molar-refractivity contribution in [3.8, 4) is 11.5 Å². The highest BCUT2D eigenvalue weighted by Crippen LogP contribution is 2.53. The third-order valence-corrected chi connectivity index (χ3v) is 3.71. The number of methoxy groups -OCH3 is 2. The summed E-state index contributed by atoms with van der Waals surface area (Å²) in [4.78, 5) is 12.3. The van der Waals surface area contributed by atoms with Gasteiger partial charge in [0.1, 0.15) is 11.5 Å². The van der Waals surface area contributed by atoms with Crippen LogP contribution in [0.5, 0.6) is 11.5 Å². The maximum atomic E-state index is 12.3. The third-order valence-electron chi connectivity index (χ3n) is 3.71. The Morgan fingerprint density at radius 1 is 1.26 bits per heavy atom. The Bertz CT molecular complexity index is 508. The van der Waals surface area contributed by atoms with E-state index in [2.05, 4.69) is 0 Å². The van der Waals surface area contributed by atoms with E-state index in [0.717, 1.165) is 34.7 Å². The summed E-state index contributed by atoms with van der Waals surface area (Å²) in [6.07, 6.45) is 1.58. The van der Waals surface area contributed by atoms with Gasteiger partial charge in [-0.3, -0.25) is 9.80 Å². The fraction of sp³-hybridized carbons (Fsp3) is 0.500. The SMILES string of the molecule is COc1cc(C2(C(=O)N(C)N)CC2)c(OC)cc1C. The molecule has 2 rings (SSSR count). The van der Waals surface area contributed by atoms with Gasteiger partial charge in [-0.1, -0.05) is 0 Å². The molecule has 19 heavy (non-hydrogen) atoms. The van der Waals surface area contributed by atoms with Crippen molar-refractivity contribution in [2.75, 3.05) is 21.3 Å². The first-order valence-corrected chi connectivity index (χ1v) is 6.22. The molecule has 1 aliphatic carbocycles. The number of aryl methyl sites for hydroxylation is 1. The monoisotopic (exact) mass is 264 g/mol. The van der Waals surface area contributed by atoms with Gasteiger partial charge in [0.25, 0.3) is 0 Å². The van der Waals surface area contributed by atoms with Crippen LogP contribution in [-0.2, 0) is 10.2 Å². The molecule has 0 aliphatic heterocycles. The zero-order valence-electron chi connectivity index (χ0n) is 11.8. The highest BCUT2D eigenvalue weighted by atomic mass is 16.5. The Kier molecular flexibility index (Phi) is 3.41. The Morgan fingerprint density at radius 2 is 1.84 bits per heavy atom. The molecule has 5 nitrogen and oxygen atoms in total. The molecule has 104 valence electrons. The average molecular weight is 264 g/mol. The third kappa shape index (κ3) is 2.14. The van der Waals surface area contributed by atoms with Gasteiger partial charge in [0, 0.05) is 12.6 Å². The number of hydrogen-bond donors (Lipinski definition) is 1. The van der Waals surface area contributed by atoms with E-state index in [9.17, 15) is 4.79 Å². The number of ether oxygens (including phenoxy) is 2. The molecule has 1 aliphatic rings. The molecule has 0 saturated heterocycles. The fourth-order valence-electron chi connectivity index (χ4n) is 2.49. The van der Waals surface area contributed by atoms with E-state index in [1.807, 2.05) is 19.1 Å². The van der Waals surface area contributed by atoms with E-state index in [1.165, 1.54) is 0 Å². The van der Waals surface area contributed by atoms with Crippen LogP contribution in [0.15, 0.2) is 12.1 Å². The minimum absolute atomic E-state index is 0.0864. The summed E-state index contributed by atoms with van der Waals surface area (Å²) in [7, 11) is 4.80. The molecular formula is C14H20N2O3. The fourth-order valence-corrected chi connectivity index (χ4v) is 2.49. The second-order valence-corrected chi connectivity index (χ2v) is 5.02. The van der Waals surface area contributed by atoms with Crippen LogP contribution in [0.2, 0.25) is 0 Å². The summed E-state index contributed by atoms with van der Waals surface area (Å²) in [6.45, 7) is 1.95. The number of benzene rings is 1. The van der Waals surface area contributed by atoms with Crippen LogP contribution in [0.25, 0.3) is 0 Å². The average Bonchev–Trinajstić information content (AvgIpc) is 3.18. The van der Waals surface area contributed by atoms with Gasteiger partial charge in [0.05, 0.1) is 19.6 Å². The minimum atomic E-state index is -0.546. The second-order valence-electron chi connectivity index (χ2n) is 5.02. The van der Waals surface area contributed by atoms with Crippen molar-refractivity contribution in [1.29, 1.82) is 0 Å². The molecule has 0 radical (unpaired) electrons. The molecule has 0 heterocycles. The highest BCUT2D eigenvalue weighted by Gasteiger charge is 2.54. The van der Waals surface area contributed by atoms with Crippen LogP contribution < -0.4 is 15.3 Å². The Hall–Kier alpha value is -1.75. The summed E-state index contributed by atoms with van der Waals surface area (Å²) in [6, 6.07) is 3.79. The summed E-state index contributed by atoms with van der Waals surface area (Å²) >= 11 is 0. The van der Waals surface area contributed by atoms with E-state index in [-0.39, 0.29) is 5.91 Å². The lowest BCUT2D eigenvalue weighted by Crippen LogP contribution is -2.41. The lowest BCUT2D eigenvalue weighted by molar-refractivity contribution is -0.132. The van der Waals surface area contributed by atoms with Gasteiger partial charge in [0.2, 0.25) is 5.91 Å². The second kappa shape index (κ2) is 4.74. The number of nitrogens with zero attached hydrogens (tertiary/aromatic N) is 1. The number of hydrazine groups is 1. The first-order valence-electron chi connectivity index (χ1n) is 6.22. The van der Waals surface area contributed by atoms with E-state index >= 15 is 0 Å². The molecule has 0 atom stereocenters. The zero-order valence-corrected chi connectivity index (χ0v) is 11.8. The van der Waals surface area contributed by atoms with Crippen molar-refractivity contribution < 1.29 is 14.3 Å². The molecule has 5 heteroatoms. The molecule has 1 saturated carbocycles. The van der Waals surface area contributed by atoms with Crippen molar-refractivity contribution in [1.82, 2.24) is 5.01 Å². The predicted octanol–water partition coefficient (Wildman–Crippen LogP) is 1.38. The number of amides is 1. The molecule has 0 bridgehead atoms. The van der Waals surface area contributed by atoms with Gasteiger partial charge in [-0.2, -0.15) is 0 Å². The maximum absolute atomic E-state index is 12.3. The van der Waals surface area contributed by atoms with Crippen LogP contribution in [-0.4, -0.2) is 32.2 Å². The molecule has 0 spiro atoms. The van der Waals surface area contributed by atoms with Crippen LogP contribution in [0, 0.1) is 6.92 Å². The lowest BCUT2D eigenvalue weighted by atomic mass is 9.92. The zero-order chi connectivity index (χ0) is 14.2. The number of carbonyl (C=O) groups is 1. The van der Waals surface area contributed by atoms with Gasteiger partial charge in [-0.25, -0.2) is 5.84 Å². The van der Waals surface area contributed by atoms with Gasteiger partial charge < -0.3 is 9.47 Å². The molecular weight excluding hydrogens is 244 g/mol. The summed E-state index contributed by atoms with van der Waals surface area (Å²) in [5.74, 6) is 6.99. The van der Waals surface area contributed by atoms with E-state index in [4.69, 9.17) is 15.3 Å². The predicted molar refractivity (Wildman–Crippen MR) is 72.2 cm³/mol. The smallest absolute Gasteiger partial charge is 0.246 e. The van der Waals surface area contributed by atoms with Gasteiger partial charge >= 0.3 is 0 Å². The number of likely N-dealkylation sites (N-methyl/N-ethyl adjacent to an activating group) is 1. The van der Waals surface area contributed by atoms with Crippen LogP contribution >= 0.6 is 0 Å². The van der Waals surface area contributed by atoms with Crippen LogP contribution in [0.1, 0.15) is 24.0 Å². The minimum Gasteiger partial charge on any atom is -0.496 e. The van der Waals surface area contributed by atoms with Crippen molar-refractivity contribution >= 4 is 5.91 Å². The van der Waals surface area contributed by atoms with Crippen molar-refractivity contribution in [2.45, 2.75) is 25.2 Å². The first kappa shape index (κ1) is 13.7. The largest absolute Gasteiger partial charge is 0.496 e. The van der Waals surface area contributed by atoms with E-state index in [1.54, 1.807) is 21.3 Å². The standard InChI is InChI=1S/C14H20N2O3/c1-9-7-12(19-4)10(8-11(9)18-3)14(5-6-14)13(17)16(2)15/h7-8H,5-6,15H2,1-4H3. The summed E-state index contributed by atoms with van der Waals surface area (Å²) in [5.41, 5.74) is 1.29. The molecule has 0 unspecified atom stereocenters. The molecule has 1 amide bonds. The normalized spacial score (nSPS) is 15.8. The Morgan fingerprint density at radius 3 is 2.26 bits per heavy atom. The maximum Gasteiger partial charge on any atom is 0.246 e. The molecule has 2 N–H and O–H groups in total. The Labute approximate surface area is 113 Å². The molecule has 1 fully saturated rings. The lowest BCUT2D eigenvalue weighted by Gasteiger charge is -2.22. The van der Waals surface area contributed by atoms with Gasteiger partial charge in [-0.05, 0) is 37.5 Å². The molecule has 0 aromatic heterocycles.